The number of hydrogen-bond donors (Lipinski definition) is 1. The number of fused-ring (bicyclic) bond motifs is 1. The van der Waals surface area contributed by atoms with Crippen molar-refractivity contribution in [3.63, 3.8) is 0 Å². The largest absolute Gasteiger partial charge is 0.324 e. The molecule has 62 valence electrons. The van der Waals surface area contributed by atoms with Crippen LogP contribution in [0.2, 0.25) is 0 Å². The predicted octanol–water partition coefficient (Wildman–Crippen LogP) is 2.08. The highest BCUT2D eigenvalue weighted by molar-refractivity contribution is 5.04. The molecule has 1 nitrogen and oxygen atoms in total. The summed E-state index contributed by atoms with van der Waals surface area (Å²) in [6, 6.07) is 0.369. The van der Waals surface area contributed by atoms with Gasteiger partial charge in [-0.25, -0.2) is 0 Å². The second kappa shape index (κ2) is 2.98. The van der Waals surface area contributed by atoms with E-state index in [2.05, 4.69) is 12.2 Å². The van der Waals surface area contributed by atoms with Gasteiger partial charge in [0.15, 0.2) is 0 Å². The molecule has 2 aliphatic carbocycles. The van der Waals surface area contributed by atoms with Gasteiger partial charge < -0.3 is 5.73 Å². The van der Waals surface area contributed by atoms with Crippen LogP contribution in [0.15, 0.2) is 12.2 Å². The highest BCUT2D eigenvalue weighted by atomic mass is 14.7. The number of rotatable bonds is 0. The SMILES string of the molecule is NC1C=CCC2CCCCC12. The van der Waals surface area contributed by atoms with Crippen LogP contribution in [0.1, 0.15) is 32.1 Å². The Bertz CT molecular complexity index is 162. The summed E-state index contributed by atoms with van der Waals surface area (Å²) < 4.78 is 0. The summed E-state index contributed by atoms with van der Waals surface area (Å²) in [5, 5.41) is 0. The lowest BCUT2D eigenvalue weighted by atomic mass is 9.71. The van der Waals surface area contributed by atoms with Gasteiger partial charge in [0.05, 0.1) is 0 Å². The third-order valence-electron chi connectivity index (χ3n) is 3.26. The van der Waals surface area contributed by atoms with Crippen LogP contribution >= 0.6 is 0 Å². The number of allylic oxidation sites excluding steroid dienone is 1. The van der Waals surface area contributed by atoms with E-state index in [-0.39, 0.29) is 0 Å². The van der Waals surface area contributed by atoms with Crippen LogP contribution in [0.4, 0.5) is 0 Å². The molecule has 0 aromatic carbocycles. The fourth-order valence-electron chi connectivity index (χ4n) is 2.59. The van der Waals surface area contributed by atoms with Gasteiger partial charge >= 0.3 is 0 Å². The summed E-state index contributed by atoms with van der Waals surface area (Å²) in [7, 11) is 0. The Labute approximate surface area is 68.7 Å². The summed E-state index contributed by atoms with van der Waals surface area (Å²) in [6.45, 7) is 0. The molecule has 0 aliphatic heterocycles. The van der Waals surface area contributed by atoms with E-state index in [0.717, 1.165) is 11.8 Å². The van der Waals surface area contributed by atoms with Gasteiger partial charge in [0.25, 0.3) is 0 Å². The first-order valence-corrected chi connectivity index (χ1v) is 4.80. The maximum Gasteiger partial charge on any atom is 0.0255 e. The molecule has 0 bridgehead atoms. The second-order valence-corrected chi connectivity index (χ2v) is 3.95. The van der Waals surface area contributed by atoms with Crippen LogP contribution in [-0.4, -0.2) is 6.04 Å². The minimum absolute atomic E-state index is 0.369. The molecular weight excluding hydrogens is 134 g/mol. The van der Waals surface area contributed by atoms with E-state index in [1.807, 2.05) is 0 Å². The van der Waals surface area contributed by atoms with Gasteiger partial charge in [-0.15, -0.1) is 0 Å². The van der Waals surface area contributed by atoms with E-state index in [1.165, 1.54) is 32.1 Å². The van der Waals surface area contributed by atoms with Gasteiger partial charge in [0, 0.05) is 6.04 Å². The van der Waals surface area contributed by atoms with Gasteiger partial charge in [-0.3, -0.25) is 0 Å². The predicted molar refractivity (Wildman–Crippen MR) is 47.2 cm³/mol. The number of nitrogens with two attached hydrogens (primary N) is 1. The molecule has 0 saturated heterocycles. The normalized spacial score (nSPS) is 43.5. The Morgan fingerprint density at radius 3 is 2.82 bits per heavy atom. The third-order valence-corrected chi connectivity index (χ3v) is 3.26. The smallest absolute Gasteiger partial charge is 0.0255 e. The molecule has 2 rings (SSSR count). The molecule has 0 aromatic rings. The monoisotopic (exact) mass is 151 g/mol. The molecule has 0 radical (unpaired) electrons. The average molecular weight is 151 g/mol. The van der Waals surface area contributed by atoms with Crippen molar-refractivity contribution in [2.24, 2.45) is 17.6 Å². The first-order valence-electron chi connectivity index (χ1n) is 4.80. The molecule has 1 fully saturated rings. The second-order valence-electron chi connectivity index (χ2n) is 3.95. The zero-order valence-electron chi connectivity index (χ0n) is 7.00. The first-order chi connectivity index (χ1) is 5.38. The van der Waals surface area contributed by atoms with Gasteiger partial charge in [-0.2, -0.15) is 0 Å². The third kappa shape index (κ3) is 1.34. The molecule has 2 N–H and O–H groups in total. The Kier molecular flexibility index (Phi) is 1.99. The molecule has 1 heteroatoms. The zero-order valence-corrected chi connectivity index (χ0v) is 7.00. The van der Waals surface area contributed by atoms with Gasteiger partial charge in [-0.05, 0) is 31.1 Å². The van der Waals surface area contributed by atoms with E-state index in [1.54, 1.807) is 0 Å². The quantitative estimate of drug-likeness (QED) is 0.527. The van der Waals surface area contributed by atoms with Crippen molar-refractivity contribution >= 4 is 0 Å². The van der Waals surface area contributed by atoms with Gasteiger partial charge in [0.2, 0.25) is 0 Å². The van der Waals surface area contributed by atoms with E-state index >= 15 is 0 Å². The molecule has 3 atom stereocenters. The lowest BCUT2D eigenvalue weighted by Crippen LogP contribution is -2.37. The number of hydrogen-bond acceptors (Lipinski definition) is 1. The molecule has 0 heterocycles. The Hall–Kier alpha value is -0.300. The molecule has 3 unspecified atom stereocenters. The van der Waals surface area contributed by atoms with E-state index < -0.39 is 0 Å². The molecule has 11 heavy (non-hydrogen) atoms. The van der Waals surface area contributed by atoms with Crippen molar-refractivity contribution in [2.75, 3.05) is 0 Å². The minimum Gasteiger partial charge on any atom is -0.324 e. The van der Waals surface area contributed by atoms with Crippen LogP contribution in [0.5, 0.6) is 0 Å². The zero-order chi connectivity index (χ0) is 7.68. The van der Waals surface area contributed by atoms with E-state index in [4.69, 9.17) is 5.73 Å². The van der Waals surface area contributed by atoms with Crippen molar-refractivity contribution < 1.29 is 0 Å². The minimum atomic E-state index is 0.369. The van der Waals surface area contributed by atoms with Crippen molar-refractivity contribution in [3.05, 3.63) is 12.2 Å². The van der Waals surface area contributed by atoms with Crippen molar-refractivity contribution in [2.45, 2.75) is 38.1 Å². The standard InChI is InChI=1S/C10H17N/c11-10-7-3-5-8-4-1-2-6-9(8)10/h3,7-10H,1-2,4-6,11H2. The van der Waals surface area contributed by atoms with Gasteiger partial charge in [0.1, 0.15) is 0 Å². The van der Waals surface area contributed by atoms with Crippen LogP contribution in [0.25, 0.3) is 0 Å². The maximum atomic E-state index is 6.00. The van der Waals surface area contributed by atoms with Crippen molar-refractivity contribution in [1.82, 2.24) is 0 Å². The van der Waals surface area contributed by atoms with Crippen molar-refractivity contribution in [1.29, 1.82) is 0 Å². The summed E-state index contributed by atoms with van der Waals surface area (Å²) in [5.41, 5.74) is 6.00. The maximum absolute atomic E-state index is 6.00. The lowest BCUT2D eigenvalue weighted by Gasteiger charge is -2.36. The summed E-state index contributed by atoms with van der Waals surface area (Å²) in [5.74, 6) is 1.73. The van der Waals surface area contributed by atoms with E-state index in [0.29, 0.717) is 6.04 Å². The van der Waals surface area contributed by atoms with E-state index in [9.17, 15) is 0 Å². The average Bonchev–Trinajstić information content (AvgIpc) is 2.06. The summed E-state index contributed by atoms with van der Waals surface area (Å²) in [4.78, 5) is 0. The Morgan fingerprint density at radius 2 is 2.00 bits per heavy atom. The van der Waals surface area contributed by atoms with Crippen LogP contribution in [-0.2, 0) is 0 Å². The Morgan fingerprint density at radius 1 is 1.18 bits per heavy atom. The highest BCUT2D eigenvalue weighted by Gasteiger charge is 2.29. The molecule has 0 aromatic heterocycles. The van der Waals surface area contributed by atoms with Crippen LogP contribution < -0.4 is 5.73 Å². The van der Waals surface area contributed by atoms with Crippen LogP contribution in [0, 0.1) is 11.8 Å². The molecule has 0 spiro atoms. The molecule has 0 amide bonds. The summed E-state index contributed by atoms with van der Waals surface area (Å²) in [6.07, 6.45) is 11.4. The summed E-state index contributed by atoms with van der Waals surface area (Å²) >= 11 is 0. The molecule has 2 aliphatic rings. The fourth-order valence-corrected chi connectivity index (χ4v) is 2.59. The van der Waals surface area contributed by atoms with Gasteiger partial charge in [-0.1, -0.05) is 25.0 Å². The Balaban J connectivity index is 2.08. The molecule has 1 saturated carbocycles. The fraction of sp³-hybridized carbons (Fsp3) is 0.800. The van der Waals surface area contributed by atoms with Crippen molar-refractivity contribution in [3.8, 4) is 0 Å². The first kappa shape index (κ1) is 7.35. The molecular formula is C10H17N. The topological polar surface area (TPSA) is 26.0 Å². The van der Waals surface area contributed by atoms with Crippen LogP contribution in [0.3, 0.4) is 0 Å². The lowest BCUT2D eigenvalue weighted by molar-refractivity contribution is 0.211. The highest BCUT2D eigenvalue weighted by Crippen LogP contribution is 2.36.